The molecule has 2 amide bonds. The smallest absolute Gasteiger partial charge is 0.246 e. The van der Waals surface area contributed by atoms with E-state index in [0.29, 0.717) is 38.8 Å². The van der Waals surface area contributed by atoms with Crippen LogP contribution in [-0.4, -0.2) is 83.0 Å². The monoisotopic (exact) mass is 451 g/mol. The number of carbonyl (C=O) groups excluding carboxylic acids is 2. The topological polar surface area (TPSA) is 64.1 Å². The molecule has 2 atom stereocenters. The Bertz CT molecular complexity index is 819. The highest BCUT2D eigenvalue weighted by molar-refractivity contribution is 6.30. The molecule has 0 bridgehead atoms. The first-order valence-corrected chi connectivity index (χ1v) is 11.3. The molecule has 2 heterocycles. The summed E-state index contributed by atoms with van der Waals surface area (Å²) in [7, 11) is 0. The zero-order valence-electron chi connectivity index (χ0n) is 18.0. The van der Waals surface area contributed by atoms with Crippen LogP contribution >= 0.6 is 11.6 Å². The molecule has 0 radical (unpaired) electrons. The number of β-amino-alcohol motifs (C(OH)–C–C–N with tert-alkyl or cyclic N) is 1. The van der Waals surface area contributed by atoms with Gasteiger partial charge < -0.3 is 14.9 Å². The van der Waals surface area contributed by atoms with Crippen molar-refractivity contribution in [1.82, 2.24) is 14.7 Å². The minimum Gasteiger partial charge on any atom is -0.392 e. The molecule has 31 heavy (non-hydrogen) atoms. The Hall–Kier alpha value is -1.96. The summed E-state index contributed by atoms with van der Waals surface area (Å²) < 4.78 is 14.0. The van der Waals surface area contributed by atoms with Gasteiger partial charge in [-0.3, -0.25) is 14.5 Å². The second-order valence-electron chi connectivity index (χ2n) is 8.36. The first kappa shape index (κ1) is 23.7. The molecule has 1 N–H and O–H groups in total. The fourth-order valence-corrected chi connectivity index (χ4v) is 4.36. The molecule has 3 rings (SSSR count). The highest BCUT2D eigenvalue weighted by Crippen LogP contribution is 2.19. The SMILES string of the molecule is CC1CCC(O)CN1CCCN1CCN(C(=O)/C=C/c2cccc(Cl)c2F)CCC1=O. The average Bonchev–Trinajstić information content (AvgIpc) is 2.93. The molecule has 0 aromatic heterocycles. The lowest BCUT2D eigenvalue weighted by atomic mass is 10.0. The Kier molecular flexibility index (Phi) is 8.46. The Balaban J connectivity index is 1.49. The van der Waals surface area contributed by atoms with Crippen molar-refractivity contribution in [2.75, 3.05) is 39.3 Å². The number of piperidine rings is 1. The van der Waals surface area contributed by atoms with Crippen LogP contribution in [0.15, 0.2) is 24.3 Å². The molecule has 8 heteroatoms. The van der Waals surface area contributed by atoms with Crippen LogP contribution in [0, 0.1) is 5.82 Å². The van der Waals surface area contributed by atoms with Crippen LogP contribution in [-0.2, 0) is 9.59 Å². The van der Waals surface area contributed by atoms with Gasteiger partial charge in [-0.15, -0.1) is 0 Å². The third-order valence-corrected chi connectivity index (χ3v) is 6.44. The van der Waals surface area contributed by atoms with Gasteiger partial charge in [-0.1, -0.05) is 23.7 Å². The first-order valence-electron chi connectivity index (χ1n) is 11.0. The molecule has 1 aromatic rings. The standard InChI is InChI=1S/C23H31ClFN3O3/c1-17-6-8-19(29)16-28(17)12-3-11-26-14-15-27(13-10-22(26)31)21(30)9-7-18-4-2-5-20(24)23(18)25/h2,4-5,7,9,17,19,29H,3,6,8,10-16H2,1H3/b9-7+. The third kappa shape index (κ3) is 6.51. The van der Waals surface area contributed by atoms with Crippen LogP contribution in [0.3, 0.4) is 0 Å². The number of aliphatic hydroxyl groups excluding tert-OH is 1. The van der Waals surface area contributed by atoms with Gasteiger partial charge in [-0.05, 0) is 38.3 Å². The summed E-state index contributed by atoms with van der Waals surface area (Å²) in [5.74, 6) is -0.752. The van der Waals surface area contributed by atoms with Gasteiger partial charge in [0.05, 0.1) is 11.1 Å². The predicted molar refractivity (Wildman–Crippen MR) is 119 cm³/mol. The predicted octanol–water partition coefficient (Wildman–Crippen LogP) is 2.79. The van der Waals surface area contributed by atoms with Gasteiger partial charge in [-0.25, -0.2) is 4.39 Å². The number of likely N-dealkylation sites (tertiary alicyclic amines) is 1. The number of benzene rings is 1. The molecular weight excluding hydrogens is 421 g/mol. The summed E-state index contributed by atoms with van der Waals surface area (Å²) in [6, 6.07) is 5.09. The van der Waals surface area contributed by atoms with E-state index in [2.05, 4.69) is 11.8 Å². The van der Waals surface area contributed by atoms with Crippen LogP contribution in [0.5, 0.6) is 0 Å². The molecule has 2 saturated heterocycles. The maximum atomic E-state index is 14.0. The minimum atomic E-state index is -0.555. The normalized spacial score (nSPS) is 23.4. The maximum Gasteiger partial charge on any atom is 0.246 e. The molecular formula is C23H31ClFN3O3. The van der Waals surface area contributed by atoms with E-state index in [0.717, 1.165) is 25.8 Å². The minimum absolute atomic E-state index is 0.0130. The molecule has 2 fully saturated rings. The summed E-state index contributed by atoms with van der Waals surface area (Å²) >= 11 is 5.78. The van der Waals surface area contributed by atoms with Crippen molar-refractivity contribution >= 4 is 29.5 Å². The van der Waals surface area contributed by atoms with Gasteiger partial charge in [0.25, 0.3) is 0 Å². The van der Waals surface area contributed by atoms with Gasteiger partial charge >= 0.3 is 0 Å². The second kappa shape index (κ2) is 11.1. The lowest BCUT2D eigenvalue weighted by Crippen LogP contribution is -2.45. The second-order valence-corrected chi connectivity index (χ2v) is 8.77. The molecule has 2 aliphatic rings. The molecule has 2 aliphatic heterocycles. The molecule has 0 spiro atoms. The molecule has 0 saturated carbocycles. The van der Waals surface area contributed by atoms with E-state index in [1.54, 1.807) is 17.0 Å². The molecule has 0 aliphatic carbocycles. The van der Waals surface area contributed by atoms with E-state index in [1.165, 1.54) is 18.2 Å². The van der Waals surface area contributed by atoms with E-state index < -0.39 is 5.82 Å². The number of hydrogen-bond donors (Lipinski definition) is 1. The van der Waals surface area contributed by atoms with Crippen molar-refractivity contribution < 1.29 is 19.1 Å². The Morgan fingerprint density at radius 3 is 2.87 bits per heavy atom. The summed E-state index contributed by atoms with van der Waals surface area (Å²) in [6.07, 6.45) is 5.45. The summed E-state index contributed by atoms with van der Waals surface area (Å²) in [5.41, 5.74) is 0.255. The maximum absolute atomic E-state index is 14.0. The van der Waals surface area contributed by atoms with Crippen LogP contribution in [0.1, 0.15) is 38.2 Å². The number of amides is 2. The molecule has 2 unspecified atom stereocenters. The number of nitrogens with zero attached hydrogens (tertiary/aromatic N) is 3. The fraction of sp³-hybridized carbons (Fsp3) is 0.565. The summed E-state index contributed by atoms with van der Waals surface area (Å²) in [5, 5.41) is 9.89. The van der Waals surface area contributed by atoms with Crippen LogP contribution in [0.4, 0.5) is 4.39 Å². The van der Waals surface area contributed by atoms with Crippen LogP contribution in [0.25, 0.3) is 6.08 Å². The van der Waals surface area contributed by atoms with Crippen molar-refractivity contribution in [2.24, 2.45) is 0 Å². The number of aliphatic hydroxyl groups is 1. The van der Waals surface area contributed by atoms with E-state index in [9.17, 15) is 19.1 Å². The first-order chi connectivity index (χ1) is 14.8. The van der Waals surface area contributed by atoms with Gasteiger partial charge in [0.15, 0.2) is 0 Å². The van der Waals surface area contributed by atoms with E-state index in [-0.39, 0.29) is 34.9 Å². The van der Waals surface area contributed by atoms with Gasteiger partial charge in [-0.2, -0.15) is 0 Å². The zero-order chi connectivity index (χ0) is 22.4. The van der Waals surface area contributed by atoms with E-state index in [4.69, 9.17) is 11.6 Å². The third-order valence-electron chi connectivity index (χ3n) is 6.15. The van der Waals surface area contributed by atoms with E-state index >= 15 is 0 Å². The lowest BCUT2D eigenvalue weighted by Gasteiger charge is -2.36. The molecule has 6 nitrogen and oxygen atoms in total. The van der Waals surface area contributed by atoms with Crippen LogP contribution < -0.4 is 0 Å². The van der Waals surface area contributed by atoms with Crippen molar-refractivity contribution in [3.63, 3.8) is 0 Å². The number of hydrogen-bond acceptors (Lipinski definition) is 4. The largest absolute Gasteiger partial charge is 0.392 e. The van der Waals surface area contributed by atoms with Gasteiger partial charge in [0, 0.05) is 63.4 Å². The Morgan fingerprint density at radius 2 is 2.06 bits per heavy atom. The van der Waals surface area contributed by atoms with Crippen LogP contribution in [0.2, 0.25) is 5.02 Å². The van der Waals surface area contributed by atoms with Gasteiger partial charge in [0.1, 0.15) is 5.82 Å². The lowest BCUT2D eigenvalue weighted by molar-refractivity contribution is -0.130. The molecule has 170 valence electrons. The zero-order valence-corrected chi connectivity index (χ0v) is 18.7. The Morgan fingerprint density at radius 1 is 1.26 bits per heavy atom. The quantitative estimate of drug-likeness (QED) is 0.675. The Labute approximate surface area is 188 Å². The summed E-state index contributed by atoms with van der Waals surface area (Å²) in [4.78, 5) is 30.8. The highest BCUT2D eigenvalue weighted by Gasteiger charge is 2.25. The number of halogens is 2. The van der Waals surface area contributed by atoms with Crippen molar-refractivity contribution in [3.05, 3.63) is 40.7 Å². The number of carbonyl (C=O) groups is 2. The van der Waals surface area contributed by atoms with Crippen molar-refractivity contribution in [1.29, 1.82) is 0 Å². The highest BCUT2D eigenvalue weighted by atomic mass is 35.5. The van der Waals surface area contributed by atoms with Crippen molar-refractivity contribution in [2.45, 2.75) is 44.8 Å². The average molecular weight is 452 g/mol. The summed E-state index contributed by atoms with van der Waals surface area (Å²) in [6.45, 7) is 5.65. The van der Waals surface area contributed by atoms with Gasteiger partial charge in [0.2, 0.25) is 11.8 Å². The van der Waals surface area contributed by atoms with E-state index in [1.807, 2.05) is 4.90 Å². The molecule has 1 aromatic carbocycles. The fourth-order valence-electron chi connectivity index (χ4n) is 4.17. The number of rotatable bonds is 6. The van der Waals surface area contributed by atoms with Crippen molar-refractivity contribution in [3.8, 4) is 0 Å².